The zero-order chi connectivity index (χ0) is 10.8. The molecule has 14 heavy (non-hydrogen) atoms. The van der Waals surface area contributed by atoms with E-state index in [2.05, 4.69) is 5.84 Å². The second-order valence-electron chi connectivity index (χ2n) is 3.36. The Bertz CT molecular complexity index is 225. The Kier molecular flexibility index (Phi) is 3.35. The number of alkyl halides is 2. The van der Waals surface area contributed by atoms with Crippen LogP contribution in [0.2, 0.25) is 0 Å². The summed E-state index contributed by atoms with van der Waals surface area (Å²) in [5.74, 6) is -0.390. The number of nitrogens with two attached hydrogens (primary N) is 1. The number of nitrogens with zero attached hydrogens (tertiary/aromatic N) is 1. The molecule has 1 heterocycles. The topological polar surface area (TPSA) is 78.6 Å². The van der Waals surface area contributed by atoms with Crippen LogP contribution in [0.1, 0.15) is 6.42 Å². The van der Waals surface area contributed by atoms with Crippen LogP contribution in [0, 0.1) is 0 Å². The Morgan fingerprint density at radius 3 is 2.79 bits per heavy atom. The molecule has 0 radical (unpaired) electrons. The lowest BCUT2D eigenvalue weighted by atomic mass is 10.3. The van der Waals surface area contributed by atoms with Crippen LogP contribution in [0.3, 0.4) is 0 Å². The van der Waals surface area contributed by atoms with E-state index in [4.69, 9.17) is 5.11 Å². The molecule has 5 nitrogen and oxygen atoms in total. The number of hydrazine groups is 1. The van der Waals surface area contributed by atoms with Crippen molar-refractivity contribution in [1.82, 2.24) is 10.3 Å². The number of amides is 1. The predicted octanol–water partition coefficient (Wildman–Crippen LogP) is -1.32. The van der Waals surface area contributed by atoms with Crippen LogP contribution in [-0.4, -0.2) is 47.6 Å². The highest BCUT2D eigenvalue weighted by Gasteiger charge is 2.41. The van der Waals surface area contributed by atoms with Gasteiger partial charge in [0.15, 0.2) is 0 Å². The van der Waals surface area contributed by atoms with E-state index in [1.807, 2.05) is 0 Å². The summed E-state index contributed by atoms with van der Waals surface area (Å²) in [5.41, 5.74) is 1.41. The quantitative estimate of drug-likeness (QED) is 0.306. The van der Waals surface area contributed by atoms with Gasteiger partial charge in [-0.15, -0.1) is 0 Å². The van der Waals surface area contributed by atoms with Crippen molar-refractivity contribution >= 4 is 5.91 Å². The van der Waals surface area contributed by atoms with Crippen molar-refractivity contribution in [3.05, 3.63) is 0 Å². The van der Waals surface area contributed by atoms with Gasteiger partial charge in [0.1, 0.15) is 0 Å². The Balaban J connectivity index is 2.46. The standard InChI is InChI=1S/C7H13F2N3O2/c8-7(9,6(14)11-10)4-12-2-1-5(13)3-12/h5,13H,1-4,10H2,(H,11,14). The lowest BCUT2D eigenvalue weighted by Crippen LogP contribution is -2.49. The third-order valence-electron chi connectivity index (χ3n) is 2.13. The van der Waals surface area contributed by atoms with E-state index in [0.29, 0.717) is 13.0 Å². The molecule has 0 aromatic heterocycles. The second kappa shape index (κ2) is 4.16. The van der Waals surface area contributed by atoms with E-state index >= 15 is 0 Å². The van der Waals surface area contributed by atoms with Crippen molar-refractivity contribution in [2.75, 3.05) is 19.6 Å². The largest absolute Gasteiger partial charge is 0.392 e. The molecule has 1 amide bonds. The van der Waals surface area contributed by atoms with Gasteiger partial charge in [-0.1, -0.05) is 0 Å². The van der Waals surface area contributed by atoms with E-state index in [9.17, 15) is 13.6 Å². The first-order chi connectivity index (χ1) is 6.45. The molecule has 0 aromatic rings. The molecule has 4 N–H and O–H groups in total. The highest BCUT2D eigenvalue weighted by Crippen LogP contribution is 2.18. The average molecular weight is 209 g/mol. The molecular weight excluding hydrogens is 196 g/mol. The van der Waals surface area contributed by atoms with Crippen LogP contribution in [0.25, 0.3) is 0 Å². The number of nitrogens with one attached hydrogen (secondary N) is 1. The first kappa shape index (κ1) is 11.3. The summed E-state index contributed by atoms with van der Waals surface area (Å²) in [6.45, 7) is -0.158. The van der Waals surface area contributed by atoms with Gasteiger partial charge in [0, 0.05) is 13.1 Å². The van der Waals surface area contributed by atoms with Gasteiger partial charge in [0.05, 0.1) is 12.6 Å². The zero-order valence-corrected chi connectivity index (χ0v) is 7.54. The van der Waals surface area contributed by atoms with Crippen molar-refractivity contribution in [3.63, 3.8) is 0 Å². The molecule has 0 saturated carbocycles. The number of carbonyl (C=O) groups excluding carboxylic acids is 1. The van der Waals surface area contributed by atoms with Crippen molar-refractivity contribution in [3.8, 4) is 0 Å². The molecule has 1 atom stereocenters. The normalized spacial score (nSPS) is 23.9. The fraction of sp³-hybridized carbons (Fsp3) is 0.857. The Morgan fingerprint density at radius 1 is 1.71 bits per heavy atom. The molecule has 1 rings (SSSR count). The fourth-order valence-electron chi connectivity index (χ4n) is 1.41. The van der Waals surface area contributed by atoms with Crippen LogP contribution in [0.15, 0.2) is 0 Å². The van der Waals surface area contributed by atoms with Crippen LogP contribution in [-0.2, 0) is 4.79 Å². The first-order valence-corrected chi connectivity index (χ1v) is 4.25. The van der Waals surface area contributed by atoms with Crippen molar-refractivity contribution in [2.45, 2.75) is 18.4 Å². The van der Waals surface area contributed by atoms with Gasteiger partial charge in [-0.3, -0.25) is 15.1 Å². The van der Waals surface area contributed by atoms with E-state index in [-0.39, 0.29) is 6.54 Å². The Labute approximate surface area is 79.8 Å². The summed E-state index contributed by atoms with van der Waals surface area (Å²) in [7, 11) is 0. The maximum atomic E-state index is 13.0. The summed E-state index contributed by atoms with van der Waals surface area (Å²) in [5, 5.41) is 9.08. The number of aliphatic hydroxyl groups excluding tert-OH is 1. The third kappa shape index (κ3) is 2.60. The van der Waals surface area contributed by atoms with Gasteiger partial charge < -0.3 is 5.11 Å². The number of rotatable bonds is 3. The molecular formula is C7H13F2N3O2. The number of likely N-dealkylation sites (tertiary alicyclic amines) is 1. The molecule has 82 valence electrons. The van der Waals surface area contributed by atoms with Crippen LogP contribution in [0.5, 0.6) is 0 Å². The van der Waals surface area contributed by atoms with Gasteiger partial charge in [0.2, 0.25) is 0 Å². The maximum absolute atomic E-state index is 13.0. The van der Waals surface area contributed by atoms with Gasteiger partial charge in [-0.25, -0.2) is 5.84 Å². The lowest BCUT2D eigenvalue weighted by molar-refractivity contribution is -0.148. The zero-order valence-electron chi connectivity index (χ0n) is 7.54. The smallest absolute Gasteiger partial charge is 0.338 e. The maximum Gasteiger partial charge on any atom is 0.338 e. The van der Waals surface area contributed by atoms with Gasteiger partial charge in [-0.2, -0.15) is 8.78 Å². The summed E-state index contributed by atoms with van der Waals surface area (Å²) < 4.78 is 26.0. The van der Waals surface area contributed by atoms with Crippen molar-refractivity contribution in [2.24, 2.45) is 5.84 Å². The summed E-state index contributed by atoms with van der Waals surface area (Å²) in [6, 6.07) is 0. The fourth-order valence-corrected chi connectivity index (χ4v) is 1.41. The highest BCUT2D eigenvalue weighted by molar-refractivity contribution is 5.83. The number of hydrogen-bond donors (Lipinski definition) is 3. The molecule has 0 aromatic carbocycles. The molecule has 0 bridgehead atoms. The van der Waals surface area contributed by atoms with Gasteiger partial charge >= 0.3 is 11.8 Å². The van der Waals surface area contributed by atoms with Crippen LogP contribution in [0.4, 0.5) is 8.78 Å². The number of carbonyl (C=O) groups is 1. The lowest BCUT2D eigenvalue weighted by Gasteiger charge is -2.21. The van der Waals surface area contributed by atoms with Crippen molar-refractivity contribution in [1.29, 1.82) is 0 Å². The number of hydrogen-bond acceptors (Lipinski definition) is 4. The molecule has 0 aliphatic carbocycles. The average Bonchev–Trinajstić information content (AvgIpc) is 2.48. The first-order valence-electron chi connectivity index (χ1n) is 4.25. The molecule has 0 spiro atoms. The number of aliphatic hydroxyl groups is 1. The van der Waals surface area contributed by atoms with E-state index in [0.717, 1.165) is 0 Å². The molecule has 1 aliphatic rings. The monoisotopic (exact) mass is 209 g/mol. The molecule has 1 aliphatic heterocycles. The minimum absolute atomic E-state index is 0.174. The highest BCUT2D eigenvalue weighted by atomic mass is 19.3. The molecule has 1 fully saturated rings. The van der Waals surface area contributed by atoms with Crippen molar-refractivity contribution < 1.29 is 18.7 Å². The summed E-state index contributed by atoms with van der Waals surface area (Å²) in [4.78, 5) is 12.0. The van der Waals surface area contributed by atoms with E-state index < -0.39 is 24.5 Å². The summed E-state index contributed by atoms with van der Waals surface area (Å²) in [6.07, 6.45) is -0.118. The predicted molar refractivity (Wildman–Crippen MR) is 44.3 cm³/mol. The van der Waals surface area contributed by atoms with Gasteiger partial charge in [-0.05, 0) is 6.42 Å². The number of β-amino-alcohol motifs (C(OH)–C–C–N with tert-alkyl or cyclic N) is 1. The van der Waals surface area contributed by atoms with Crippen LogP contribution >= 0.6 is 0 Å². The Hall–Kier alpha value is -0.790. The SMILES string of the molecule is NNC(=O)C(F)(F)CN1CCC(O)C1. The minimum Gasteiger partial charge on any atom is -0.392 e. The van der Waals surface area contributed by atoms with E-state index in [1.54, 1.807) is 0 Å². The summed E-state index contributed by atoms with van der Waals surface area (Å²) >= 11 is 0. The molecule has 1 unspecified atom stereocenters. The molecule has 7 heteroatoms. The second-order valence-corrected chi connectivity index (χ2v) is 3.36. The van der Waals surface area contributed by atoms with E-state index in [1.165, 1.54) is 10.3 Å². The van der Waals surface area contributed by atoms with Gasteiger partial charge in [0.25, 0.3) is 0 Å². The van der Waals surface area contributed by atoms with Crippen LogP contribution < -0.4 is 11.3 Å². The third-order valence-corrected chi connectivity index (χ3v) is 2.13. The Morgan fingerprint density at radius 2 is 2.36 bits per heavy atom. The number of halogens is 2. The minimum atomic E-state index is -3.50. The molecule has 1 saturated heterocycles.